The predicted molar refractivity (Wildman–Crippen MR) is 89.9 cm³/mol. The van der Waals surface area contributed by atoms with Crippen LogP contribution in [0.2, 0.25) is 0 Å². The van der Waals surface area contributed by atoms with Crippen molar-refractivity contribution in [3.05, 3.63) is 30.1 Å². The van der Waals surface area contributed by atoms with E-state index in [0.717, 1.165) is 12.1 Å². The molecule has 1 atom stereocenters. The van der Waals surface area contributed by atoms with E-state index in [1.54, 1.807) is 13.8 Å². The predicted octanol–water partition coefficient (Wildman–Crippen LogP) is 0.726. The van der Waals surface area contributed by atoms with Crippen molar-refractivity contribution in [1.82, 2.24) is 10.6 Å². The number of hydrogen-bond donors (Lipinski definition) is 2. The second-order valence-corrected chi connectivity index (χ2v) is 9.66. The molecule has 2 N–H and O–H groups in total. The maximum atomic E-state index is 12.8. The van der Waals surface area contributed by atoms with Gasteiger partial charge in [-0.15, -0.1) is 11.8 Å². The molecule has 0 spiro atoms. The Labute approximate surface area is 144 Å². The van der Waals surface area contributed by atoms with Crippen LogP contribution < -0.4 is 10.6 Å². The van der Waals surface area contributed by atoms with Crippen LogP contribution in [0.3, 0.4) is 0 Å². The van der Waals surface area contributed by atoms with Gasteiger partial charge in [-0.3, -0.25) is 9.59 Å². The largest absolute Gasteiger partial charge is 0.353 e. The van der Waals surface area contributed by atoms with Crippen LogP contribution >= 0.6 is 11.8 Å². The zero-order chi connectivity index (χ0) is 18.0. The summed E-state index contributed by atoms with van der Waals surface area (Å²) < 4.78 is 36.4. The van der Waals surface area contributed by atoms with Crippen LogP contribution in [0.1, 0.15) is 13.8 Å². The van der Waals surface area contributed by atoms with E-state index in [2.05, 4.69) is 10.6 Å². The summed E-state index contributed by atoms with van der Waals surface area (Å²) in [5.41, 5.74) is 0. The number of benzene rings is 1. The Morgan fingerprint density at radius 1 is 1.38 bits per heavy atom. The molecule has 24 heavy (non-hydrogen) atoms. The van der Waals surface area contributed by atoms with E-state index in [9.17, 15) is 22.4 Å². The minimum absolute atomic E-state index is 0.00132. The lowest BCUT2D eigenvalue weighted by atomic mass is 10.1. The smallest absolute Gasteiger partial charge is 0.243 e. The van der Waals surface area contributed by atoms with Gasteiger partial charge in [0.25, 0.3) is 0 Å². The van der Waals surface area contributed by atoms with E-state index in [-0.39, 0.29) is 23.1 Å². The van der Waals surface area contributed by atoms with Crippen molar-refractivity contribution in [2.75, 3.05) is 18.1 Å². The Balaban J connectivity index is 1.86. The van der Waals surface area contributed by atoms with Crippen LogP contribution in [0.5, 0.6) is 0 Å². The zero-order valence-electron chi connectivity index (χ0n) is 13.3. The van der Waals surface area contributed by atoms with Crippen molar-refractivity contribution in [2.45, 2.75) is 29.5 Å². The van der Waals surface area contributed by atoms with Gasteiger partial charge < -0.3 is 10.6 Å². The molecule has 1 aromatic rings. The van der Waals surface area contributed by atoms with Crippen molar-refractivity contribution >= 4 is 33.4 Å². The Hall–Kier alpha value is -1.61. The van der Waals surface area contributed by atoms with E-state index in [0.29, 0.717) is 5.75 Å². The summed E-state index contributed by atoms with van der Waals surface area (Å²) in [6.45, 7) is 3.46. The number of halogens is 1. The summed E-state index contributed by atoms with van der Waals surface area (Å²) in [5.74, 6) is -1.03. The molecule has 1 aliphatic heterocycles. The van der Waals surface area contributed by atoms with Crippen molar-refractivity contribution in [3.63, 3.8) is 0 Å². The first-order valence-electron chi connectivity index (χ1n) is 7.33. The number of carbonyl (C=O) groups is 2. The fraction of sp³-hybridized carbons (Fsp3) is 0.467. The van der Waals surface area contributed by atoms with Crippen molar-refractivity contribution in [2.24, 2.45) is 0 Å². The first kappa shape index (κ1) is 18.7. The maximum absolute atomic E-state index is 12.8. The molecular formula is C15H19FN2O4S2. The fourth-order valence-electron chi connectivity index (χ4n) is 2.06. The van der Waals surface area contributed by atoms with Gasteiger partial charge in [-0.2, -0.15) is 0 Å². The summed E-state index contributed by atoms with van der Waals surface area (Å²) in [6.07, 6.45) is 0. The first-order chi connectivity index (χ1) is 11.1. The van der Waals surface area contributed by atoms with Gasteiger partial charge in [0.05, 0.1) is 15.4 Å². The summed E-state index contributed by atoms with van der Waals surface area (Å²) in [4.78, 5) is 23.9. The highest BCUT2D eigenvalue weighted by molar-refractivity contribution is 8.01. The van der Waals surface area contributed by atoms with Gasteiger partial charge in [0.15, 0.2) is 9.84 Å². The van der Waals surface area contributed by atoms with Crippen LogP contribution in [-0.4, -0.2) is 49.1 Å². The topological polar surface area (TPSA) is 92.3 Å². The number of hydrogen-bond acceptors (Lipinski definition) is 5. The minimum atomic E-state index is -3.61. The molecular weight excluding hydrogens is 355 g/mol. The summed E-state index contributed by atoms with van der Waals surface area (Å²) in [7, 11) is -3.61. The molecule has 9 heteroatoms. The average molecular weight is 374 g/mol. The highest BCUT2D eigenvalue weighted by Crippen LogP contribution is 2.28. The van der Waals surface area contributed by atoms with E-state index in [4.69, 9.17) is 0 Å². The SMILES string of the molecule is CC1(C)SCC(C(=O)NCCS(=O)(=O)c2ccc(F)cc2)NC1=O. The maximum Gasteiger partial charge on any atom is 0.243 e. The quantitative estimate of drug-likeness (QED) is 0.741. The number of sulfone groups is 1. The van der Waals surface area contributed by atoms with Gasteiger partial charge in [-0.1, -0.05) is 0 Å². The standard InChI is InChI=1S/C15H19FN2O4S2/c1-15(2)14(20)18-12(9-23-15)13(19)17-7-8-24(21,22)11-5-3-10(16)4-6-11/h3-6,12H,7-9H2,1-2H3,(H,17,19)(H,18,20). The van der Waals surface area contributed by atoms with Gasteiger partial charge >= 0.3 is 0 Å². The highest BCUT2D eigenvalue weighted by atomic mass is 32.2. The third kappa shape index (κ3) is 4.47. The van der Waals surface area contributed by atoms with Crippen molar-refractivity contribution in [1.29, 1.82) is 0 Å². The molecule has 0 aliphatic carbocycles. The molecule has 0 radical (unpaired) electrons. The number of amides is 2. The van der Waals surface area contributed by atoms with Crippen molar-refractivity contribution < 1.29 is 22.4 Å². The lowest BCUT2D eigenvalue weighted by molar-refractivity contribution is -0.129. The second-order valence-electron chi connectivity index (χ2n) is 5.91. The van der Waals surface area contributed by atoms with Gasteiger partial charge in [-0.25, -0.2) is 12.8 Å². The Morgan fingerprint density at radius 2 is 2.00 bits per heavy atom. The summed E-state index contributed by atoms with van der Waals surface area (Å²) in [6, 6.07) is 3.84. The monoisotopic (exact) mass is 374 g/mol. The Kier molecular flexibility index (Phi) is 5.54. The summed E-state index contributed by atoms with van der Waals surface area (Å²) in [5, 5.41) is 5.15. The van der Waals surface area contributed by atoms with Crippen LogP contribution in [0.25, 0.3) is 0 Å². The second kappa shape index (κ2) is 7.10. The number of carbonyl (C=O) groups excluding carboxylic acids is 2. The third-order valence-electron chi connectivity index (χ3n) is 3.62. The van der Waals surface area contributed by atoms with Gasteiger partial charge in [0, 0.05) is 12.3 Å². The molecule has 6 nitrogen and oxygen atoms in total. The number of thioether (sulfide) groups is 1. The molecule has 1 aromatic carbocycles. The van der Waals surface area contributed by atoms with Crippen LogP contribution in [0.4, 0.5) is 4.39 Å². The lowest BCUT2D eigenvalue weighted by Crippen LogP contribution is -2.57. The van der Waals surface area contributed by atoms with Crippen molar-refractivity contribution in [3.8, 4) is 0 Å². The molecule has 1 unspecified atom stereocenters. The van der Waals surface area contributed by atoms with E-state index in [1.807, 2.05) is 0 Å². The molecule has 1 saturated heterocycles. The normalized spacial score (nSPS) is 20.3. The number of nitrogens with one attached hydrogen (secondary N) is 2. The molecule has 0 aromatic heterocycles. The molecule has 0 saturated carbocycles. The van der Waals surface area contributed by atoms with Crippen LogP contribution in [-0.2, 0) is 19.4 Å². The Bertz CT molecular complexity index is 732. The van der Waals surface area contributed by atoms with E-state index < -0.39 is 32.4 Å². The molecule has 132 valence electrons. The lowest BCUT2D eigenvalue weighted by Gasteiger charge is -2.32. The van der Waals surface area contributed by atoms with Crippen LogP contribution in [0.15, 0.2) is 29.2 Å². The molecule has 1 heterocycles. The Morgan fingerprint density at radius 3 is 2.58 bits per heavy atom. The first-order valence-corrected chi connectivity index (χ1v) is 9.96. The number of rotatable bonds is 5. The average Bonchev–Trinajstić information content (AvgIpc) is 2.50. The van der Waals surface area contributed by atoms with E-state index >= 15 is 0 Å². The van der Waals surface area contributed by atoms with Crippen LogP contribution in [0, 0.1) is 5.82 Å². The van der Waals surface area contributed by atoms with Gasteiger partial charge in [-0.05, 0) is 38.1 Å². The molecule has 2 rings (SSSR count). The fourth-order valence-corrected chi connectivity index (χ4v) is 4.23. The zero-order valence-corrected chi connectivity index (χ0v) is 15.0. The minimum Gasteiger partial charge on any atom is -0.353 e. The van der Waals surface area contributed by atoms with Gasteiger partial charge in [0.1, 0.15) is 11.9 Å². The summed E-state index contributed by atoms with van der Waals surface area (Å²) >= 11 is 1.38. The third-order valence-corrected chi connectivity index (χ3v) is 6.76. The van der Waals surface area contributed by atoms with Gasteiger partial charge in [0.2, 0.25) is 11.8 Å². The molecule has 0 bridgehead atoms. The van der Waals surface area contributed by atoms with E-state index in [1.165, 1.54) is 23.9 Å². The molecule has 1 aliphatic rings. The molecule has 1 fully saturated rings. The highest BCUT2D eigenvalue weighted by Gasteiger charge is 2.37. The molecule has 2 amide bonds.